The molecule has 0 atom stereocenters. The minimum absolute atomic E-state index is 0.208. The minimum Gasteiger partial charge on any atom is -0.271 e. The average molecular weight is 373 g/mol. The Morgan fingerprint density at radius 2 is 1.88 bits per heavy atom. The smallest absolute Gasteiger partial charge is 0.246 e. The number of rotatable bonds is 7. The highest BCUT2D eigenvalue weighted by Crippen LogP contribution is 2.18. The maximum absolute atomic E-state index is 12.7. The van der Waals surface area contributed by atoms with E-state index < -0.39 is 10.0 Å². The Hall–Kier alpha value is -2.45. The van der Waals surface area contributed by atoms with Crippen molar-refractivity contribution in [3.63, 3.8) is 0 Å². The van der Waals surface area contributed by atoms with E-state index in [9.17, 15) is 8.42 Å². The summed E-state index contributed by atoms with van der Waals surface area (Å²) < 4.78 is 30.2. The number of aryl methyl sites for hydroxylation is 2. The van der Waals surface area contributed by atoms with Gasteiger partial charge in [-0.3, -0.25) is 4.68 Å². The summed E-state index contributed by atoms with van der Waals surface area (Å²) in [5.41, 5.74) is 2.90. The van der Waals surface area contributed by atoms with Crippen LogP contribution in [0.5, 0.6) is 0 Å². The Morgan fingerprint density at radius 1 is 1.12 bits per heavy atom. The van der Waals surface area contributed by atoms with Crippen molar-refractivity contribution in [1.29, 1.82) is 0 Å². The molecule has 0 aliphatic carbocycles. The van der Waals surface area contributed by atoms with Crippen molar-refractivity contribution in [2.24, 2.45) is 0 Å². The largest absolute Gasteiger partial charge is 0.271 e. The van der Waals surface area contributed by atoms with Gasteiger partial charge in [-0.05, 0) is 25.0 Å². The van der Waals surface area contributed by atoms with Gasteiger partial charge >= 0.3 is 0 Å². The fourth-order valence-electron chi connectivity index (χ4n) is 2.75. The lowest BCUT2D eigenvalue weighted by atomic mass is 10.2. The van der Waals surface area contributed by atoms with Gasteiger partial charge in [0.2, 0.25) is 10.0 Å². The molecule has 0 unspecified atom stereocenters. The quantitative estimate of drug-likeness (QED) is 0.638. The van der Waals surface area contributed by atoms with Gasteiger partial charge in [0, 0.05) is 38.1 Å². The molecule has 2 aromatic heterocycles. The topological polar surface area (TPSA) is 73.0 Å². The third kappa shape index (κ3) is 3.71. The summed E-state index contributed by atoms with van der Waals surface area (Å²) in [6, 6.07) is 7.92. The maximum atomic E-state index is 12.7. The van der Waals surface area contributed by atoms with Crippen molar-refractivity contribution >= 4 is 10.0 Å². The van der Waals surface area contributed by atoms with Gasteiger partial charge in [0.05, 0.1) is 18.1 Å². The molecule has 0 bridgehead atoms. The number of para-hydroxylation sites is 1. The number of nitrogens with zero attached hydrogens (tertiary/aromatic N) is 5. The number of benzene rings is 1. The zero-order valence-corrected chi connectivity index (χ0v) is 16.0. The van der Waals surface area contributed by atoms with Crippen molar-refractivity contribution in [1.82, 2.24) is 23.9 Å². The number of aromatic nitrogens is 4. The van der Waals surface area contributed by atoms with E-state index >= 15 is 0 Å². The molecule has 138 valence electrons. The summed E-state index contributed by atoms with van der Waals surface area (Å²) in [7, 11) is -2.02. The van der Waals surface area contributed by atoms with E-state index in [-0.39, 0.29) is 11.4 Å². The molecule has 0 fully saturated rings. The molecule has 0 saturated heterocycles. The second kappa shape index (κ2) is 7.43. The predicted octanol–water partition coefficient (Wildman–Crippen LogP) is 2.61. The Morgan fingerprint density at radius 3 is 2.62 bits per heavy atom. The van der Waals surface area contributed by atoms with Crippen LogP contribution in [0.25, 0.3) is 5.69 Å². The first-order valence-electron chi connectivity index (χ1n) is 8.50. The van der Waals surface area contributed by atoms with Gasteiger partial charge in [-0.25, -0.2) is 13.1 Å². The van der Waals surface area contributed by atoms with E-state index in [1.54, 1.807) is 28.8 Å². The molecule has 26 heavy (non-hydrogen) atoms. The first-order valence-corrected chi connectivity index (χ1v) is 9.94. The van der Waals surface area contributed by atoms with Crippen LogP contribution in [0.3, 0.4) is 0 Å². The molecule has 0 aliphatic rings. The fourth-order valence-corrected chi connectivity index (χ4v) is 3.86. The van der Waals surface area contributed by atoms with E-state index in [0.29, 0.717) is 6.54 Å². The molecule has 1 aromatic carbocycles. The lowest BCUT2D eigenvalue weighted by Gasteiger charge is -2.14. The number of hydrogen-bond donors (Lipinski definition) is 0. The van der Waals surface area contributed by atoms with Crippen LogP contribution in [0.2, 0.25) is 0 Å². The third-order valence-corrected chi connectivity index (χ3v) is 5.93. The molecule has 2 heterocycles. The summed E-state index contributed by atoms with van der Waals surface area (Å²) in [6.07, 6.45) is 7.42. The van der Waals surface area contributed by atoms with Gasteiger partial charge in [0.1, 0.15) is 4.90 Å². The van der Waals surface area contributed by atoms with Crippen molar-refractivity contribution in [2.45, 2.75) is 38.3 Å². The number of sulfonamides is 1. The highest BCUT2D eigenvalue weighted by molar-refractivity contribution is 7.89. The van der Waals surface area contributed by atoms with Crippen molar-refractivity contribution < 1.29 is 8.42 Å². The van der Waals surface area contributed by atoms with E-state index in [1.807, 2.05) is 44.3 Å². The zero-order chi connectivity index (χ0) is 18.7. The highest BCUT2D eigenvalue weighted by Gasteiger charge is 2.23. The maximum Gasteiger partial charge on any atom is 0.246 e. The van der Waals surface area contributed by atoms with Gasteiger partial charge in [-0.1, -0.05) is 25.1 Å². The Bertz CT molecular complexity index is 990. The van der Waals surface area contributed by atoms with Crippen LogP contribution in [0.4, 0.5) is 0 Å². The lowest BCUT2D eigenvalue weighted by molar-refractivity contribution is 0.466. The molecule has 0 spiro atoms. The first-order chi connectivity index (χ1) is 12.4. The lowest BCUT2D eigenvalue weighted by Crippen LogP contribution is -2.26. The van der Waals surface area contributed by atoms with Gasteiger partial charge in [0.15, 0.2) is 0 Å². The minimum atomic E-state index is -3.59. The molecule has 3 rings (SSSR count). The van der Waals surface area contributed by atoms with E-state index in [2.05, 4.69) is 10.2 Å². The van der Waals surface area contributed by atoms with Crippen LogP contribution in [0.1, 0.15) is 24.5 Å². The normalized spacial score (nSPS) is 12.0. The molecule has 3 aromatic rings. The van der Waals surface area contributed by atoms with Crippen molar-refractivity contribution in [3.8, 4) is 5.69 Å². The first kappa shape index (κ1) is 18.3. The Balaban J connectivity index is 1.77. The second-order valence-corrected chi connectivity index (χ2v) is 8.32. The van der Waals surface area contributed by atoms with E-state index in [0.717, 1.165) is 23.2 Å². The standard InChI is InChI=1S/C18H23N5O2S/c1-4-9-22-14-17(11-19-22)26(24,25)21(3)12-16-10-20-23(13-16)18-8-6-5-7-15(18)2/h5-8,10-11,13-14H,4,9,12H2,1-3H3. The van der Waals surface area contributed by atoms with Gasteiger partial charge < -0.3 is 0 Å². The summed E-state index contributed by atoms with van der Waals surface area (Å²) in [5.74, 6) is 0. The van der Waals surface area contributed by atoms with Crippen LogP contribution in [0.15, 0.2) is 53.9 Å². The van der Waals surface area contributed by atoms with Gasteiger partial charge in [-0.15, -0.1) is 0 Å². The zero-order valence-electron chi connectivity index (χ0n) is 15.2. The summed E-state index contributed by atoms with van der Waals surface area (Å²) in [4.78, 5) is 0.208. The SMILES string of the molecule is CCCn1cc(S(=O)(=O)N(C)Cc2cnn(-c3ccccc3C)c2)cn1. The molecule has 0 N–H and O–H groups in total. The fraction of sp³-hybridized carbons (Fsp3) is 0.333. The van der Waals surface area contributed by atoms with Crippen LogP contribution < -0.4 is 0 Å². The molecular formula is C18H23N5O2S. The van der Waals surface area contributed by atoms with E-state index in [1.165, 1.54) is 10.5 Å². The summed E-state index contributed by atoms with van der Waals surface area (Å²) in [5, 5.41) is 8.47. The predicted molar refractivity (Wildman–Crippen MR) is 99.5 cm³/mol. The van der Waals surface area contributed by atoms with Crippen LogP contribution in [-0.4, -0.2) is 39.3 Å². The second-order valence-electron chi connectivity index (χ2n) is 6.28. The number of hydrogen-bond acceptors (Lipinski definition) is 4. The van der Waals surface area contributed by atoms with Crippen LogP contribution >= 0.6 is 0 Å². The Labute approximate surface area is 153 Å². The van der Waals surface area contributed by atoms with Crippen LogP contribution in [0, 0.1) is 6.92 Å². The molecule has 0 radical (unpaired) electrons. The van der Waals surface area contributed by atoms with Crippen LogP contribution in [-0.2, 0) is 23.1 Å². The molecule has 7 nitrogen and oxygen atoms in total. The van der Waals surface area contributed by atoms with E-state index in [4.69, 9.17) is 0 Å². The highest BCUT2D eigenvalue weighted by atomic mass is 32.2. The van der Waals surface area contributed by atoms with Gasteiger partial charge in [-0.2, -0.15) is 14.5 Å². The molecule has 0 saturated carbocycles. The monoisotopic (exact) mass is 373 g/mol. The molecule has 8 heteroatoms. The van der Waals surface area contributed by atoms with Crippen molar-refractivity contribution in [2.75, 3.05) is 7.05 Å². The molecule has 0 amide bonds. The summed E-state index contributed by atoms with van der Waals surface area (Å²) in [6.45, 7) is 4.98. The average Bonchev–Trinajstić information content (AvgIpc) is 3.25. The Kier molecular flexibility index (Phi) is 5.24. The van der Waals surface area contributed by atoms with Gasteiger partial charge in [0.25, 0.3) is 0 Å². The molecular weight excluding hydrogens is 350 g/mol. The molecule has 0 aliphatic heterocycles. The third-order valence-electron chi connectivity index (χ3n) is 4.17. The summed E-state index contributed by atoms with van der Waals surface area (Å²) >= 11 is 0. The van der Waals surface area contributed by atoms with Crippen molar-refractivity contribution in [3.05, 3.63) is 60.2 Å².